The van der Waals surface area contributed by atoms with Crippen LogP contribution in [0.4, 0.5) is 5.69 Å². The number of anilines is 1. The summed E-state index contributed by atoms with van der Waals surface area (Å²) < 4.78 is 0. The molecule has 1 aliphatic rings. The van der Waals surface area contributed by atoms with E-state index in [9.17, 15) is 15.0 Å². The standard InChI is InChI=1S/C12H16N2O3/c15-10-6-14(7-11(10)16)8-12(17)13-9-4-2-1-3-5-9/h1-5,10-11,15-16H,6-8H2,(H,13,17)/t10-,11+. The number of hydrogen-bond acceptors (Lipinski definition) is 4. The summed E-state index contributed by atoms with van der Waals surface area (Å²) in [7, 11) is 0. The van der Waals surface area contributed by atoms with E-state index >= 15 is 0 Å². The number of aliphatic hydroxyl groups is 2. The quantitative estimate of drug-likeness (QED) is 0.671. The molecule has 5 nitrogen and oxygen atoms in total. The van der Waals surface area contributed by atoms with Crippen LogP contribution in [0.2, 0.25) is 0 Å². The van der Waals surface area contributed by atoms with E-state index < -0.39 is 12.2 Å². The molecular weight excluding hydrogens is 220 g/mol. The molecule has 5 heteroatoms. The topological polar surface area (TPSA) is 72.8 Å². The van der Waals surface area contributed by atoms with Crippen LogP contribution in [0.25, 0.3) is 0 Å². The van der Waals surface area contributed by atoms with Gasteiger partial charge in [0.2, 0.25) is 5.91 Å². The van der Waals surface area contributed by atoms with Crippen molar-refractivity contribution in [2.24, 2.45) is 0 Å². The van der Waals surface area contributed by atoms with Crippen molar-refractivity contribution in [1.82, 2.24) is 4.90 Å². The molecule has 17 heavy (non-hydrogen) atoms. The van der Waals surface area contributed by atoms with E-state index in [2.05, 4.69) is 5.32 Å². The van der Waals surface area contributed by atoms with Crippen LogP contribution in [-0.2, 0) is 4.79 Å². The molecule has 0 saturated carbocycles. The molecule has 1 amide bonds. The summed E-state index contributed by atoms with van der Waals surface area (Å²) in [5.74, 6) is -0.141. The molecule has 92 valence electrons. The van der Waals surface area contributed by atoms with Crippen molar-refractivity contribution in [2.45, 2.75) is 12.2 Å². The molecule has 2 rings (SSSR count). The number of nitrogens with zero attached hydrogens (tertiary/aromatic N) is 1. The van der Waals surface area contributed by atoms with Gasteiger partial charge in [-0.3, -0.25) is 9.69 Å². The number of amides is 1. The first-order valence-corrected chi connectivity index (χ1v) is 5.58. The zero-order valence-corrected chi connectivity index (χ0v) is 9.41. The van der Waals surface area contributed by atoms with Gasteiger partial charge in [-0.1, -0.05) is 18.2 Å². The molecule has 1 aromatic rings. The Kier molecular flexibility index (Phi) is 3.73. The molecule has 0 radical (unpaired) electrons. The van der Waals surface area contributed by atoms with E-state index in [-0.39, 0.29) is 12.5 Å². The Hall–Kier alpha value is -1.43. The number of β-amino-alcohol motifs (C(OH)–C–C–N with tert-alkyl or cyclic N) is 2. The van der Waals surface area contributed by atoms with Gasteiger partial charge in [0.25, 0.3) is 0 Å². The number of nitrogens with one attached hydrogen (secondary N) is 1. The van der Waals surface area contributed by atoms with Crippen molar-refractivity contribution in [2.75, 3.05) is 25.0 Å². The highest BCUT2D eigenvalue weighted by atomic mass is 16.3. The smallest absolute Gasteiger partial charge is 0.238 e. The molecule has 1 fully saturated rings. The highest BCUT2D eigenvalue weighted by molar-refractivity contribution is 5.92. The fraction of sp³-hybridized carbons (Fsp3) is 0.417. The second-order valence-corrected chi connectivity index (χ2v) is 4.24. The molecule has 0 bridgehead atoms. The van der Waals surface area contributed by atoms with Crippen molar-refractivity contribution >= 4 is 11.6 Å². The SMILES string of the molecule is O=C(CN1C[C@@H](O)[C@@H](O)C1)Nc1ccccc1. The summed E-state index contributed by atoms with van der Waals surface area (Å²) in [5, 5.41) is 21.4. The zero-order valence-electron chi connectivity index (χ0n) is 9.41. The maximum atomic E-state index is 11.7. The summed E-state index contributed by atoms with van der Waals surface area (Å²) in [4.78, 5) is 13.4. The first kappa shape index (κ1) is 12.0. The summed E-state index contributed by atoms with van der Waals surface area (Å²) in [6.45, 7) is 0.857. The Balaban J connectivity index is 1.82. The molecular formula is C12H16N2O3. The number of rotatable bonds is 3. The number of carbonyl (C=O) groups excluding carboxylic acids is 1. The molecule has 1 saturated heterocycles. The average molecular weight is 236 g/mol. The first-order chi connectivity index (χ1) is 8.15. The van der Waals surface area contributed by atoms with Crippen LogP contribution < -0.4 is 5.32 Å². The Morgan fingerprint density at radius 2 is 1.82 bits per heavy atom. The maximum absolute atomic E-state index is 11.7. The van der Waals surface area contributed by atoms with E-state index in [1.165, 1.54) is 0 Å². The average Bonchev–Trinajstić information content (AvgIpc) is 2.59. The van der Waals surface area contributed by atoms with Crippen molar-refractivity contribution in [3.8, 4) is 0 Å². The minimum atomic E-state index is -0.750. The Morgan fingerprint density at radius 1 is 1.24 bits per heavy atom. The van der Waals surface area contributed by atoms with Crippen LogP contribution in [0.15, 0.2) is 30.3 Å². The molecule has 1 aliphatic heterocycles. The fourth-order valence-electron chi connectivity index (χ4n) is 1.90. The lowest BCUT2D eigenvalue weighted by atomic mass is 10.3. The molecule has 0 aliphatic carbocycles. The molecule has 0 aromatic heterocycles. The Morgan fingerprint density at radius 3 is 2.41 bits per heavy atom. The van der Waals surface area contributed by atoms with Gasteiger partial charge in [0.05, 0.1) is 18.8 Å². The summed E-state index contributed by atoms with van der Waals surface area (Å²) in [6.07, 6.45) is -1.50. The third kappa shape index (κ3) is 3.26. The van der Waals surface area contributed by atoms with Gasteiger partial charge in [-0.05, 0) is 12.1 Å². The van der Waals surface area contributed by atoms with Crippen molar-refractivity contribution in [1.29, 1.82) is 0 Å². The van der Waals surface area contributed by atoms with Gasteiger partial charge in [0.1, 0.15) is 0 Å². The van der Waals surface area contributed by atoms with E-state index in [1.54, 1.807) is 4.90 Å². The van der Waals surface area contributed by atoms with E-state index in [0.29, 0.717) is 13.1 Å². The molecule has 3 N–H and O–H groups in total. The predicted octanol–water partition coefficient (Wildman–Crippen LogP) is -0.338. The van der Waals surface area contributed by atoms with Crippen LogP contribution >= 0.6 is 0 Å². The van der Waals surface area contributed by atoms with Crippen LogP contribution in [0.1, 0.15) is 0 Å². The summed E-state index contributed by atoms with van der Waals surface area (Å²) in [5.41, 5.74) is 0.748. The van der Waals surface area contributed by atoms with Gasteiger partial charge in [-0.25, -0.2) is 0 Å². The third-order valence-electron chi connectivity index (χ3n) is 2.76. The zero-order chi connectivity index (χ0) is 12.3. The monoisotopic (exact) mass is 236 g/mol. The highest BCUT2D eigenvalue weighted by Crippen LogP contribution is 2.10. The first-order valence-electron chi connectivity index (χ1n) is 5.58. The van der Waals surface area contributed by atoms with Crippen LogP contribution in [0, 0.1) is 0 Å². The van der Waals surface area contributed by atoms with Gasteiger partial charge in [0.15, 0.2) is 0 Å². The van der Waals surface area contributed by atoms with Crippen LogP contribution in [-0.4, -0.2) is 52.9 Å². The lowest BCUT2D eigenvalue weighted by Crippen LogP contribution is -2.32. The molecule has 2 atom stereocenters. The normalized spacial score (nSPS) is 24.8. The van der Waals surface area contributed by atoms with E-state index in [4.69, 9.17) is 0 Å². The number of carbonyl (C=O) groups is 1. The Labute approximate surface area is 99.7 Å². The minimum absolute atomic E-state index is 0.141. The van der Waals surface area contributed by atoms with Crippen molar-refractivity contribution in [3.05, 3.63) is 30.3 Å². The molecule has 1 heterocycles. The van der Waals surface area contributed by atoms with Gasteiger partial charge in [-0.15, -0.1) is 0 Å². The summed E-state index contributed by atoms with van der Waals surface area (Å²) >= 11 is 0. The number of likely N-dealkylation sites (tertiary alicyclic amines) is 1. The van der Waals surface area contributed by atoms with E-state index in [1.807, 2.05) is 30.3 Å². The lowest BCUT2D eigenvalue weighted by Gasteiger charge is -2.14. The number of para-hydroxylation sites is 1. The molecule has 0 spiro atoms. The van der Waals surface area contributed by atoms with Gasteiger partial charge in [-0.2, -0.15) is 0 Å². The van der Waals surface area contributed by atoms with Crippen LogP contribution in [0.5, 0.6) is 0 Å². The number of aliphatic hydroxyl groups excluding tert-OH is 2. The van der Waals surface area contributed by atoms with Gasteiger partial charge in [0, 0.05) is 18.8 Å². The molecule has 0 unspecified atom stereocenters. The predicted molar refractivity (Wildman–Crippen MR) is 63.5 cm³/mol. The highest BCUT2D eigenvalue weighted by Gasteiger charge is 2.30. The second-order valence-electron chi connectivity index (χ2n) is 4.24. The maximum Gasteiger partial charge on any atom is 0.238 e. The molecule has 1 aromatic carbocycles. The third-order valence-corrected chi connectivity index (χ3v) is 2.76. The van der Waals surface area contributed by atoms with Crippen molar-refractivity contribution < 1.29 is 15.0 Å². The summed E-state index contributed by atoms with van der Waals surface area (Å²) in [6, 6.07) is 9.19. The van der Waals surface area contributed by atoms with Crippen molar-refractivity contribution in [3.63, 3.8) is 0 Å². The fourth-order valence-corrected chi connectivity index (χ4v) is 1.90. The van der Waals surface area contributed by atoms with Gasteiger partial charge < -0.3 is 15.5 Å². The van der Waals surface area contributed by atoms with E-state index in [0.717, 1.165) is 5.69 Å². The second kappa shape index (κ2) is 5.27. The lowest BCUT2D eigenvalue weighted by molar-refractivity contribution is -0.117. The largest absolute Gasteiger partial charge is 0.389 e. The van der Waals surface area contributed by atoms with Crippen LogP contribution in [0.3, 0.4) is 0 Å². The Bertz CT molecular complexity index is 373. The number of benzene rings is 1. The minimum Gasteiger partial charge on any atom is -0.389 e. The number of hydrogen-bond donors (Lipinski definition) is 3. The van der Waals surface area contributed by atoms with Gasteiger partial charge >= 0.3 is 0 Å².